The number of nitrogens with zero attached hydrogens (tertiary/aromatic N) is 2. The molecule has 1 rings (SSSR count). The van der Waals surface area contributed by atoms with Gasteiger partial charge in [0.15, 0.2) is 0 Å². The van der Waals surface area contributed by atoms with Crippen molar-refractivity contribution in [1.82, 2.24) is 9.97 Å². The first-order valence-corrected chi connectivity index (χ1v) is 5.35. The minimum absolute atomic E-state index is 0.402. The zero-order valence-electron chi connectivity index (χ0n) is 9.91. The van der Waals surface area contributed by atoms with Gasteiger partial charge in [-0.25, -0.2) is 9.97 Å². The molecule has 0 saturated carbocycles. The van der Waals surface area contributed by atoms with E-state index in [1.807, 2.05) is 6.92 Å². The van der Waals surface area contributed by atoms with Crippen LogP contribution in [0.25, 0.3) is 0 Å². The van der Waals surface area contributed by atoms with E-state index in [2.05, 4.69) is 36.1 Å². The van der Waals surface area contributed by atoms with E-state index in [0.717, 1.165) is 12.2 Å². The molecular formula is C11H20N4. The van der Waals surface area contributed by atoms with Gasteiger partial charge >= 0.3 is 0 Å². The van der Waals surface area contributed by atoms with Crippen molar-refractivity contribution in [3.8, 4) is 0 Å². The van der Waals surface area contributed by atoms with Crippen LogP contribution in [0.1, 0.15) is 33.0 Å². The molecule has 1 atom stereocenters. The Labute approximate surface area is 91.3 Å². The van der Waals surface area contributed by atoms with E-state index < -0.39 is 0 Å². The fourth-order valence-electron chi connectivity index (χ4n) is 1.68. The predicted octanol–water partition coefficient (Wildman–Crippen LogP) is 2.21. The smallest absolute Gasteiger partial charge is 0.131 e. The summed E-state index contributed by atoms with van der Waals surface area (Å²) in [5.41, 5.74) is 5.65. The Morgan fingerprint density at radius 3 is 2.53 bits per heavy atom. The second-order valence-corrected chi connectivity index (χ2v) is 4.40. The molecule has 4 nitrogen and oxygen atoms in total. The minimum Gasteiger partial charge on any atom is -0.384 e. The standard InChI is InChI=1S/C11H20N4/c1-7(2)5-8(3)13-11-6-10(12)14-9(4)15-11/h6-8H,5H2,1-4H3,(H3,12,13,14,15). The second-order valence-electron chi connectivity index (χ2n) is 4.40. The lowest BCUT2D eigenvalue weighted by Crippen LogP contribution is -2.18. The molecule has 0 radical (unpaired) electrons. The van der Waals surface area contributed by atoms with Gasteiger partial charge in [-0.05, 0) is 26.2 Å². The van der Waals surface area contributed by atoms with Crippen molar-refractivity contribution in [3.05, 3.63) is 11.9 Å². The largest absolute Gasteiger partial charge is 0.384 e. The summed E-state index contributed by atoms with van der Waals surface area (Å²) in [6.07, 6.45) is 1.11. The number of nitrogens with two attached hydrogens (primary N) is 1. The predicted molar refractivity (Wildman–Crippen MR) is 63.7 cm³/mol. The molecular weight excluding hydrogens is 188 g/mol. The quantitative estimate of drug-likeness (QED) is 0.796. The highest BCUT2D eigenvalue weighted by Crippen LogP contribution is 2.12. The van der Waals surface area contributed by atoms with E-state index in [0.29, 0.717) is 23.6 Å². The highest BCUT2D eigenvalue weighted by atomic mass is 15.1. The molecule has 0 saturated heterocycles. The Morgan fingerprint density at radius 2 is 2.00 bits per heavy atom. The van der Waals surface area contributed by atoms with Crippen LogP contribution >= 0.6 is 0 Å². The average Bonchev–Trinajstić information content (AvgIpc) is 1.98. The zero-order valence-corrected chi connectivity index (χ0v) is 9.91. The maximum absolute atomic E-state index is 5.65. The fraction of sp³-hybridized carbons (Fsp3) is 0.636. The third-order valence-corrected chi connectivity index (χ3v) is 2.08. The molecule has 1 aromatic heterocycles. The molecule has 0 spiro atoms. The molecule has 0 amide bonds. The van der Waals surface area contributed by atoms with Crippen molar-refractivity contribution in [2.75, 3.05) is 11.1 Å². The van der Waals surface area contributed by atoms with Crippen LogP contribution in [0.2, 0.25) is 0 Å². The molecule has 0 aliphatic rings. The highest BCUT2D eigenvalue weighted by Gasteiger charge is 2.06. The van der Waals surface area contributed by atoms with Crippen LogP contribution < -0.4 is 11.1 Å². The van der Waals surface area contributed by atoms with Crippen LogP contribution in [0.15, 0.2) is 6.07 Å². The number of aromatic nitrogens is 2. The van der Waals surface area contributed by atoms with E-state index >= 15 is 0 Å². The van der Waals surface area contributed by atoms with Gasteiger partial charge in [-0.3, -0.25) is 0 Å². The average molecular weight is 208 g/mol. The minimum atomic E-state index is 0.402. The summed E-state index contributed by atoms with van der Waals surface area (Å²) >= 11 is 0. The van der Waals surface area contributed by atoms with E-state index in [1.165, 1.54) is 0 Å². The second kappa shape index (κ2) is 4.96. The summed E-state index contributed by atoms with van der Waals surface area (Å²) in [7, 11) is 0. The van der Waals surface area contributed by atoms with E-state index in [1.54, 1.807) is 6.07 Å². The molecule has 4 heteroatoms. The molecule has 1 heterocycles. The summed E-state index contributed by atoms with van der Waals surface area (Å²) in [5.74, 6) is 2.71. The summed E-state index contributed by atoms with van der Waals surface area (Å²) in [4.78, 5) is 8.31. The van der Waals surface area contributed by atoms with Crippen molar-refractivity contribution in [2.45, 2.75) is 40.2 Å². The third kappa shape index (κ3) is 4.14. The van der Waals surface area contributed by atoms with Gasteiger partial charge < -0.3 is 11.1 Å². The lowest BCUT2D eigenvalue weighted by atomic mass is 10.1. The molecule has 1 aromatic rings. The van der Waals surface area contributed by atoms with Gasteiger partial charge in [0.25, 0.3) is 0 Å². The molecule has 0 aromatic carbocycles. The Kier molecular flexibility index (Phi) is 3.88. The maximum Gasteiger partial charge on any atom is 0.131 e. The van der Waals surface area contributed by atoms with Gasteiger partial charge in [0, 0.05) is 12.1 Å². The summed E-state index contributed by atoms with van der Waals surface area (Å²) < 4.78 is 0. The van der Waals surface area contributed by atoms with Crippen molar-refractivity contribution in [1.29, 1.82) is 0 Å². The maximum atomic E-state index is 5.65. The Balaban J connectivity index is 2.63. The van der Waals surface area contributed by atoms with Gasteiger partial charge in [-0.1, -0.05) is 13.8 Å². The van der Waals surface area contributed by atoms with Crippen molar-refractivity contribution in [3.63, 3.8) is 0 Å². The van der Waals surface area contributed by atoms with E-state index in [9.17, 15) is 0 Å². The van der Waals surface area contributed by atoms with Crippen LogP contribution in [0, 0.1) is 12.8 Å². The van der Waals surface area contributed by atoms with Crippen LogP contribution in [0.3, 0.4) is 0 Å². The summed E-state index contributed by atoms with van der Waals surface area (Å²) in [6, 6.07) is 2.17. The van der Waals surface area contributed by atoms with Gasteiger partial charge in [-0.15, -0.1) is 0 Å². The number of rotatable bonds is 4. The topological polar surface area (TPSA) is 63.8 Å². The molecule has 1 unspecified atom stereocenters. The lowest BCUT2D eigenvalue weighted by molar-refractivity contribution is 0.538. The number of anilines is 2. The first kappa shape index (κ1) is 11.8. The Morgan fingerprint density at radius 1 is 1.33 bits per heavy atom. The normalized spacial score (nSPS) is 12.9. The number of nitrogens with one attached hydrogen (secondary N) is 1. The Bertz CT molecular complexity index is 302. The van der Waals surface area contributed by atoms with Gasteiger partial charge in [0.05, 0.1) is 0 Å². The zero-order chi connectivity index (χ0) is 11.4. The van der Waals surface area contributed by atoms with Crippen LogP contribution in [-0.2, 0) is 0 Å². The lowest BCUT2D eigenvalue weighted by Gasteiger charge is -2.16. The highest BCUT2D eigenvalue weighted by molar-refractivity contribution is 5.44. The molecule has 0 fully saturated rings. The molecule has 15 heavy (non-hydrogen) atoms. The first-order valence-electron chi connectivity index (χ1n) is 5.35. The number of hydrogen-bond donors (Lipinski definition) is 2. The first-order chi connectivity index (χ1) is 6.97. The van der Waals surface area contributed by atoms with Crippen LogP contribution in [-0.4, -0.2) is 16.0 Å². The fourth-order valence-corrected chi connectivity index (χ4v) is 1.68. The van der Waals surface area contributed by atoms with Crippen LogP contribution in [0.5, 0.6) is 0 Å². The SMILES string of the molecule is Cc1nc(N)cc(NC(C)CC(C)C)n1. The third-order valence-electron chi connectivity index (χ3n) is 2.08. The Hall–Kier alpha value is -1.32. The van der Waals surface area contributed by atoms with Gasteiger partial charge in [0.1, 0.15) is 17.5 Å². The molecule has 0 aliphatic carbocycles. The van der Waals surface area contributed by atoms with Gasteiger partial charge in [0.2, 0.25) is 0 Å². The molecule has 0 bridgehead atoms. The van der Waals surface area contributed by atoms with Crippen LogP contribution in [0.4, 0.5) is 11.6 Å². The summed E-state index contributed by atoms with van der Waals surface area (Å²) in [5, 5.41) is 3.32. The summed E-state index contributed by atoms with van der Waals surface area (Å²) in [6.45, 7) is 8.40. The van der Waals surface area contributed by atoms with Crippen molar-refractivity contribution < 1.29 is 0 Å². The van der Waals surface area contributed by atoms with Gasteiger partial charge in [-0.2, -0.15) is 0 Å². The molecule has 84 valence electrons. The number of nitrogen functional groups attached to an aromatic ring is 1. The number of aryl methyl sites for hydroxylation is 1. The van der Waals surface area contributed by atoms with E-state index in [4.69, 9.17) is 5.73 Å². The van der Waals surface area contributed by atoms with E-state index in [-0.39, 0.29) is 0 Å². The monoisotopic (exact) mass is 208 g/mol. The van der Waals surface area contributed by atoms with Crippen molar-refractivity contribution >= 4 is 11.6 Å². The number of hydrogen-bond acceptors (Lipinski definition) is 4. The molecule has 0 aliphatic heterocycles. The molecule has 3 N–H and O–H groups in total. The van der Waals surface area contributed by atoms with Crippen molar-refractivity contribution in [2.24, 2.45) is 5.92 Å².